The molecule has 0 unspecified atom stereocenters. The van der Waals surface area contributed by atoms with E-state index >= 15 is 0 Å². The van der Waals surface area contributed by atoms with Crippen LogP contribution < -0.4 is 5.01 Å². The van der Waals surface area contributed by atoms with Crippen molar-refractivity contribution < 1.29 is 5.11 Å². The van der Waals surface area contributed by atoms with Crippen LogP contribution in [0.2, 0.25) is 0 Å². The Kier molecular flexibility index (Phi) is 3.54. The van der Waals surface area contributed by atoms with Crippen molar-refractivity contribution in [3.05, 3.63) is 46.1 Å². The molecule has 0 radical (unpaired) electrons. The van der Waals surface area contributed by atoms with Crippen LogP contribution >= 0.6 is 23.5 Å². The number of fused-ring (bicyclic) bond motifs is 3. The molecule has 5 nitrogen and oxygen atoms in total. The van der Waals surface area contributed by atoms with Crippen molar-refractivity contribution in [1.82, 2.24) is 14.9 Å². The Morgan fingerprint density at radius 1 is 1.23 bits per heavy atom. The summed E-state index contributed by atoms with van der Waals surface area (Å²) in [4.78, 5) is 0. The fraction of sp³-hybridized carbons (Fsp3) is 0.333. The zero-order valence-electron chi connectivity index (χ0n) is 12.1. The summed E-state index contributed by atoms with van der Waals surface area (Å²) in [6, 6.07) is 7.43. The van der Waals surface area contributed by atoms with Gasteiger partial charge >= 0.3 is 0 Å². The molecule has 0 saturated heterocycles. The molecule has 1 aromatic carbocycles. The first-order chi connectivity index (χ1) is 10.8. The molecule has 0 amide bonds. The highest BCUT2D eigenvalue weighted by Gasteiger charge is 2.39. The van der Waals surface area contributed by atoms with Gasteiger partial charge in [0.2, 0.25) is 5.16 Å². The van der Waals surface area contributed by atoms with E-state index in [-0.39, 0.29) is 5.37 Å². The molecule has 1 aromatic heterocycles. The second-order valence-corrected chi connectivity index (χ2v) is 7.24. The van der Waals surface area contributed by atoms with Crippen LogP contribution in [-0.2, 0) is 6.42 Å². The Morgan fingerprint density at radius 2 is 2.05 bits per heavy atom. The van der Waals surface area contributed by atoms with Gasteiger partial charge in [-0.3, -0.25) is 5.01 Å². The largest absolute Gasteiger partial charge is 0.508 e. The summed E-state index contributed by atoms with van der Waals surface area (Å²) in [7, 11) is 0. The average Bonchev–Trinajstić information content (AvgIpc) is 3.17. The maximum atomic E-state index is 9.49. The van der Waals surface area contributed by atoms with Crippen LogP contribution in [0.25, 0.3) is 0 Å². The zero-order chi connectivity index (χ0) is 15.1. The van der Waals surface area contributed by atoms with E-state index in [1.165, 1.54) is 5.03 Å². The quantitative estimate of drug-likeness (QED) is 0.923. The maximum absolute atomic E-state index is 9.49. The van der Waals surface area contributed by atoms with Crippen LogP contribution in [-0.4, -0.2) is 20.0 Å². The van der Waals surface area contributed by atoms with Crippen LogP contribution in [0.3, 0.4) is 0 Å². The molecule has 0 saturated carbocycles. The number of phenols is 1. The van der Waals surface area contributed by atoms with Gasteiger partial charge < -0.3 is 5.11 Å². The van der Waals surface area contributed by atoms with Gasteiger partial charge in [-0.2, -0.15) is 0 Å². The molecule has 0 fully saturated rings. The molecule has 4 rings (SSSR count). The number of rotatable bonds is 4. The molecule has 114 valence electrons. The lowest BCUT2D eigenvalue weighted by Gasteiger charge is -2.25. The van der Waals surface area contributed by atoms with E-state index in [0.717, 1.165) is 35.8 Å². The number of aromatic hydroxyl groups is 1. The number of hydrogen-bond donors (Lipinski definition) is 1. The first-order valence-corrected chi connectivity index (χ1v) is 9.10. The van der Waals surface area contributed by atoms with E-state index < -0.39 is 0 Å². The Bertz CT molecular complexity index is 726. The molecule has 1 atom stereocenters. The standard InChI is InChI=1S/C15H16N4OS2/c1-2-3-4-12-16-17-15-18(12)19-13(22-15)9-21-14(19)10-5-7-11(20)8-6-10/h5-9,14,20H,2-4H2,1H3/t14-/m0/s1. The van der Waals surface area contributed by atoms with Gasteiger partial charge in [0.1, 0.15) is 16.2 Å². The number of aryl methyl sites for hydroxylation is 1. The van der Waals surface area contributed by atoms with Gasteiger partial charge in [-0.25, -0.2) is 4.68 Å². The van der Waals surface area contributed by atoms with Crippen molar-refractivity contribution in [2.24, 2.45) is 0 Å². The fourth-order valence-corrected chi connectivity index (χ4v) is 4.89. The number of aromatic nitrogens is 3. The number of phenolic OH excluding ortho intramolecular Hbond substituents is 1. The average molecular weight is 332 g/mol. The van der Waals surface area contributed by atoms with Crippen molar-refractivity contribution in [3.63, 3.8) is 0 Å². The van der Waals surface area contributed by atoms with E-state index in [4.69, 9.17) is 0 Å². The third-order valence-electron chi connectivity index (χ3n) is 3.77. The minimum Gasteiger partial charge on any atom is -0.508 e. The molecular formula is C15H16N4OS2. The third kappa shape index (κ3) is 2.19. The molecule has 2 aliphatic rings. The molecule has 0 aliphatic carbocycles. The molecule has 1 N–H and O–H groups in total. The van der Waals surface area contributed by atoms with Gasteiger partial charge in [0, 0.05) is 11.8 Å². The topological polar surface area (TPSA) is 54.2 Å². The van der Waals surface area contributed by atoms with Gasteiger partial charge in [-0.1, -0.05) is 37.2 Å². The van der Waals surface area contributed by atoms with Crippen LogP contribution in [0, 0.1) is 0 Å². The summed E-state index contributed by atoms with van der Waals surface area (Å²) >= 11 is 3.45. The van der Waals surface area contributed by atoms with Crippen LogP contribution in [0.4, 0.5) is 0 Å². The van der Waals surface area contributed by atoms with Gasteiger partial charge in [-0.05, 0) is 35.9 Å². The Morgan fingerprint density at radius 3 is 2.82 bits per heavy atom. The Labute approximate surface area is 137 Å². The summed E-state index contributed by atoms with van der Waals surface area (Å²) < 4.78 is 2.16. The molecule has 22 heavy (non-hydrogen) atoms. The van der Waals surface area contributed by atoms with Crippen molar-refractivity contribution in [1.29, 1.82) is 0 Å². The minimum absolute atomic E-state index is 0.167. The lowest BCUT2D eigenvalue weighted by atomic mass is 10.2. The monoisotopic (exact) mass is 332 g/mol. The number of thioether (sulfide) groups is 2. The SMILES string of the molecule is CCCCc1nnc2n1N1C(=CS[C@H]1c1ccc(O)cc1)S2. The summed E-state index contributed by atoms with van der Waals surface area (Å²) in [6.07, 6.45) is 3.21. The highest BCUT2D eigenvalue weighted by atomic mass is 32.2. The van der Waals surface area contributed by atoms with Gasteiger partial charge in [0.05, 0.1) is 0 Å². The van der Waals surface area contributed by atoms with E-state index in [0.29, 0.717) is 5.75 Å². The summed E-state index contributed by atoms with van der Waals surface area (Å²) in [5.41, 5.74) is 1.16. The van der Waals surface area contributed by atoms with Gasteiger partial charge in [0.25, 0.3) is 0 Å². The first kappa shape index (κ1) is 14.0. The minimum atomic E-state index is 0.167. The number of unbranched alkanes of at least 4 members (excludes halogenated alkanes) is 1. The highest BCUT2D eigenvalue weighted by Crippen LogP contribution is 2.51. The van der Waals surface area contributed by atoms with Gasteiger partial charge in [-0.15, -0.1) is 10.2 Å². The number of benzene rings is 1. The second kappa shape index (κ2) is 5.55. The summed E-state index contributed by atoms with van der Waals surface area (Å²) in [5, 5.41) is 24.9. The lowest BCUT2D eigenvalue weighted by molar-refractivity contribution is 0.475. The third-order valence-corrected chi connectivity index (χ3v) is 5.96. The smallest absolute Gasteiger partial charge is 0.216 e. The lowest BCUT2D eigenvalue weighted by Crippen LogP contribution is -2.30. The van der Waals surface area contributed by atoms with E-state index in [1.54, 1.807) is 35.7 Å². The molecule has 7 heteroatoms. The summed E-state index contributed by atoms with van der Waals surface area (Å²) in [6.45, 7) is 2.19. The molecule has 0 bridgehead atoms. The zero-order valence-corrected chi connectivity index (χ0v) is 13.8. The normalized spacial score (nSPS) is 19.2. The van der Waals surface area contributed by atoms with Crippen molar-refractivity contribution >= 4 is 23.5 Å². The Balaban J connectivity index is 1.69. The van der Waals surface area contributed by atoms with E-state index in [1.807, 2.05) is 12.1 Å². The molecular weight excluding hydrogens is 316 g/mol. The van der Waals surface area contributed by atoms with Crippen LogP contribution in [0.15, 0.2) is 39.9 Å². The molecule has 3 heterocycles. The van der Waals surface area contributed by atoms with Crippen molar-refractivity contribution in [2.75, 3.05) is 5.01 Å². The van der Waals surface area contributed by atoms with Crippen LogP contribution in [0.1, 0.15) is 36.5 Å². The summed E-state index contributed by atoms with van der Waals surface area (Å²) in [5.74, 6) is 1.32. The van der Waals surface area contributed by atoms with Gasteiger partial charge in [0.15, 0.2) is 5.82 Å². The van der Waals surface area contributed by atoms with Crippen molar-refractivity contribution in [2.45, 2.75) is 36.7 Å². The predicted octanol–water partition coefficient (Wildman–Crippen LogP) is 3.61. The highest BCUT2D eigenvalue weighted by molar-refractivity contribution is 8.07. The maximum Gasteiger partial charge on any atom is 0.216 e. The molecule has 2 aliphatic heterocycles. The number of hydrogen-bond acceptors (Lipinski definition) is 6. The predicted molar refractivity (Wildman–Crippen MR) is 89.2 cm³/mol. The molecule has 0 spiro atoms. The van der Waals surface area contributed by atoms with Crippen LogP contribution in [0.5, 0.6) is 5.75 Å². The second-order valence-electron chi connectivity index (χ2n) is 5.30. The Hall–Kier alpha value is -1.60. The first-order valence-electron chi connectivity index (χ1n) is 7.34. The number of nitrogens with zero attached hydrogens (tertiary/aromatic N) is 4. The fourth-order valence-electron chi connectivity index (χ4n) is 2.64. The molecule has 2 aromatic rings. The van der Waals surface area contributed by atoms with E-state index in [2.05, 4.69) is 32.2 Å². The van der Waals surface area contributed by atoms with Crippen molar-refractivity contribution in [3.8, 4) is 5.75 Å². The van der Waals surface area contributed by atoms with E-state index in [9.17, 15) is 5.11 Å².